The molecule has 0 spiro atoms. The van der Waals surface area contributed by atoms with E-state index in [9.17, 15) is 4.79 Å². The highest BCUT2D eigenvalue weighted by Gasteiger charge is 2.14. The topological polar surface area (TPSA) is 52.9 Å². The lowest BCUT2D eigenvalue weighted by atomic mass is 10.2. The first kappa shape index (κ1) is 21.3. The molecule has 1 aromatic carbocycles. The number of nitrogens with zero attached hydrogens (tertiary/aromatic N) is 4. The van der Waals surface area contributed by atoms with Crippen LogP contribution in [-0.4, -0.2) is 48.5 Å². The van der Waals surface area contributed by atoms with Crippen molar-refractivity contribution in [2.24, 2.45) is 4.99 Å². The lowest BCUT2D eigenvalue weighted by Crippen LogP contribution is -2.44. The number of hydrogen-bond donors (Lipinski definition) is 1. The highest BCUT2D eigenvalue weighted by Crippen LogP contribution is 2.23. The molecule has 154 valence electrons. The van der Waals surface area contributed by atoms with Crippen molar-refractivity contribution >= 4 is 45.0 Å². The zero-order chi connectivity index (χ0) is 21.0. The Morgan fingerprint density at radius 2 is 1.90 bits per heavy atom. The molecule has 0 atom stereocenters. The minimum absolute atomic E-state index is 0.0961. The highest BCUT2D eigenvalue weighted by molar-refractivity contribution is 9.10. The molecular weight excluding hydrogens is 430 g/mol. The monoisotopic (exact) mass is 457 g/mol. The molecule has 0 aliphatic carbocycles. The van der Waals surface area contributed by atoms with E-state index in [0.29, 0.717) is 22.7 Å². The maximum absolute atomic E-state index is 12.4. The molecule has 0 saturated carbocycles. The predicted molar refractivity (Wildman–Crippen MR) is 127 cm³/mol. The summed E-state index contributed by atoms with van der Waals surface area (Å²) in [6.45, 7) is 12.5. The Bertz CT molecular complexity index is 956. The molecule has 1 fully saturated rings. The van der Waals surface area contributed by atoms with E-state index in [4.69, 9.17) is 0 Å². The van der Waals surface area contributed by atoms with Crippen LogP contribution in [0.5, 0.6) is 0 Å². The maximum Gasteiger partial charge on any atom is 0.266 e. The van der Waals surface area contributed by atoms with Crippen molar-refractivity contribution in [2.75, 3.05) is 43.4 Å². The van der Waals surface area contributed by atoms with Crippen LogP contribution in [0.25, 0.3) is 6.08 Å². The average molecular weight is 458 g/mol. The molecule has 29 heavy (non-hydrogen) atoms. The normalized spacial score (nSPS) is 15.4. The van der Waals surface area contributed by atoms with E-state index in [1.165, 1.54) is 5.69 Å². The summed E-state index contributed by atoms with van der Waals surface area (Å²) in [7, 11) is 2.16. The molecule has 1 aliphatic rings. The van der Waals surface area contributed by atoms with Gasteiger partial charge in [0.1, 0.15) is 11.7 Å². The number of hydrogen-bond acceptors (Lipinski definition) is 4. The minimum Gasteiger partial charge on any atom is -0.369 e. The number of benzene rings is 1. The Morgan fingerprint density at radius 1 is 1.24 bits per heavy atom. The van der Waals surface area contributed by atoms with Crippen LogP contribution in [0.3, 0.4) is 0 Å². The Labute approximate surface area is 180 Å². The van der Waals surface area contributed by atoms with Gasteiger partial charge in [-0.1, -0.05) is 12.7 Å². The first-order valence-corrected chi connectivity index (χ1v) is 10.6. The Balaban J connectivity index is 1.79. The fourth-order valence-corrected chi connectivity index (χ4v) is 3.89. The van der Waals surface area contributed by atoms with Crippen LogP contribution >= 0.6 is 15.9 Å². The van der Waals surface area contributed by atoms with Crippen LogP contribution < -0.4 is 15.8 Å². The van der Waals surface area contributed by atoms with Gasteiger partial charge in [0.05, 0.1) is 4.47 Å². The van der Waals surface area contributed by atoms with Crippen LogP contribution in [0, 0.1) is 0 Å². The van der Waals surface area contributed by atoms with E-state index >= 15 is 0 Å². The van der Waals surface area contributed by atoms with E-state index in [2.05, 4.69) is 73.9 Å². The van der Waals surface area contributed by atoms with Crippen LogP contribution in [-0.2, 0) is 6.54 Å². The van der Waals surface area contributed by atoms with Crippen molar-refractivity contribution in [1.29, 1.82) is 0 Å². The number of aliphatic imine (C=N–C) groups is 1. The molecule has 1 N–H and O–H groups in total. The van der Waals surface area contributed by atoms with Crippen LogP contribution in [0.15, 0.2) is 51.2 Å². The Morgan fingerprint density at radius 3 is 2.48 bits per heavy atom. The smallest absolute Gasteiger partial charge is 0.266 e. The second-order valence-electron chi connectivity index (χ2n) is 7.18. The van der Waals surface area contributed by atoms with Crippen molar-refractivity contribution in [3.63, 3.8) is 0 Å². The van der Waals surface area contributed by atoms with Gasteiger partial charge in [-0.05, 0) is 67.2 Å². The quantitative estimate of drug-likeness (QED) is 0.540. The largest absolute Gasteiger partial charge is 0.369 e. The molecule has 6 nitrogen and oxygen atoms in total. The van der Waals surface area contributed by atoms with Crippen LogP contribution in [0.2, 0.25) is 0 Å². The second kappa shape index (κ2) is 9.41. The van der Waals surface area contributed by atoms with E-state index in [-0.39, 0.29) is 5.56 Å². The molecular formula is C22H28BrN5O. The third kappa shape index (κ3) is 4.97. The number of amidine groups is 1. The number of piperazine rings is 1. The van der Waals surface area contributed by atoms with Crippen molar-refractivity contribution in [2.45, 2.75) is 20.4 Å². The van der Waals surface area contributed by atoms with Gasteiger partial charge in [-0.15, -0.1) is 0 Å². The number of aromatic nitrogens is 1. The van der Waals surface area contributed by atoms with Crippen molar-refractivity contribution in [3.05, 3.63) is 57.3 Å². The number of likely N-dealkylation sites (N-methyl/N-ethyl adjacent to an activating group) is 1. The molecule has 0 radical (unpaired) electrons. The third-order valence-electron chi connectivity index (χ3n) is 5.12. The number of pyridine rings is 1. The van der Waals surface area contributed by atoms with Crippen LogP contribution in [0.4, 0.5) is 17.2 Å². The van der Waals surface area contributed by atoms with Gasteiger partial charge in [0.25, 0.3) is 5.56 Å². The molecule has 2 heterocycles. The molecule has 0 bridgehead atoms. The molecule has 1 aromatic heterocycles. The second-order valence-corrected chi connectivity index (χ2v) is 8.04. The van der Waals surface area contributed by atoms with Gasteiger partial charge in [-0.2, -0.15) is 0 Å². The summed E-state index contributed by atoms with van der Waals surface area (Å²) in [5.41, 5.74) is 2.91. The summed E-state index contributed by atoms with van der Waals surface area (Å²) in [5, 5.41) is 3.33. The predicted octanol–water partition coefficient (Wildman–Crippen LogP) is 4.19. The van der Waals surface area contributed by atoms with Gasteiger partial charge in [0, 0.05) is 49.7 Å². The van der Waals surface area contributed by atoms with Gasteiger partial charge >= 0.3 is 0 Å². The molecule has 0 amide bonds. The van der Waals surface area contributed by atoms with Crippen LogP contribution in [0.1, 0.15) is 19.4 Å². The van der Waals surface area contributed by atoms with Gasteiger partial charge in [-0.25, -0.2) is 4.99 Å². The fraction of sp³-hybridized carbons (Fsp3) is 0.364. The number of rotatable bonds is 5. The standard InChI is InChI=1S/C22H28BrN5O/c1-5-17-15-20(23)22(29)28(6-2)21(17)25-16(3)24-18-7-9-19(10-8-18)27-13-11-26(4)12-14-27/h5,7-10,15H,1,6,11-14H2,2-4H3,(H,24,25). The van der Waals surface area contributed by atoms with Gasteiger partial charge in [-0.3, -0.25) is 9.36 Å². The van der Waals surface area contributed by atoms with Gasteiger partial charge in [0.2, 0.25) is 0 Å². The molecule has 0 unspecified atom stereocenters. The molecule has 1 saturated heterocycles. The summed E-state index contributed by atoms with van der Waals surface area (Å²) in [6.07, 6.45) is 1.72. The lowest BCUT2D eigenvalue weighted by molar-refractivity contribution is 0.313. The highest BCUT2D eigenvalue weighted by atomic mass is 79.9. The fourth-order valence-electron chi connectivity index (χ4n) is 3.43. The van der Waals surface area contributed by atoms with E-state index in [0.717, 1.165) is 37.4 Å². The molecule has 7 heteroatoms. The maximum atomic E-state index is 12.4. The molecule has 1 aliphatic heterocycles. The van der Waals surface area contributed by atoms with Gasteiger partial charge < -0.3 is 15.1 Å². The SMILES string of the molecule is C=Cc1cc(Br)c(=O)n(CC)c1N=C(C)Nc1ccc(N2CCN(C)CC2)cc1. The van der Waals surface area contributed by atoms with E-state index in [1.54, 1.807) is 16.7 Å². The first-order valence-electron chi connectivity index (χ1n) is 9.84. The average Bonchev–Trinajstić information content (AvgIpc) is 2.72. The third-order valence-corrected chi connectivity index (χ3v) is 5.68. The summed E-state index contributed by atoms with van der Waals surface area (Å²) in [4.78, 5) is 21.9. The summed E-state index contributed by atoms with van der Waals surface area (Å²) < 4.78 is 2.15. The summed E-state index contributed by atoms with van der Waals surface area (Å²) >= 11 is 3.32. The number of halogens is 1. The van der Waals surface area contributed by atoms with Crippen molar-refractivity contribution in [3.8, 4) is 0 Å². The van der Waals surface area contributed by atoms with Crippen molar-refractivity contribution < 1.29 is 0 Å². The van der Waals surface area contributed by atoms with E-state index in [1.807, 2.05) is 13.8 Å². The van der Waals surface area contributed by atoms with E-state index < -0.39 is 0 Å². The zero-order valence-corrected chi connectivity index (χ0v) is 18.9. The molecule has 2 aromatic rings. The number of nitrogens with one attached hydrogen (secondary N) is 1. The zero-order valence-electron chi connectivity index (χ0n) is 17.3. The Kier molecular flexibility index (Phi) is 6.92. The van der Waals surface area contributed by atoms with Crippen molar-refractivity contribution in [1.82, 2.24) is 9.47 Å². The summed E-state index contributed by atoms with van der Waals surface area (Å²) in [6, 6.07) is 10.2. The molecule has 3 rings (SSSR count). The Hall–Kier alpha value is -2.38. The lowest BCUT2D eigenvalue weighted by Gasteiger charge is -2.34. The summed E-state index contributed by atoms with van der Waals surface area (Å²) in [5.74, 6) is 1.32. The minimum atomic E-state index is -0.0961. The van der Waals surface area contributed by atoms with Gasteiger partial charge in [0.15, 0.2) is 0 Å². The number of anilines is 2. The first-order chi connectivity index (χ1) is 13.9.